The smallest absolute Gasteiger partial charge is 0.244 e. The maximum atomic E-state index is 12.4. The minimum absolute atomic E-state index is 0.0998. The average Bonchev–Trinajstić information content (AvgIpc) is 2.59. The maximum Gasteiger partial charge on any atom is 0.244 e. The van der Waals surface area contributed by atoms with E-state index in [9.17, 15) is 8.42 Å². The van der Waals surface area contributed by atoms with Crippen molar-refractivity contribution in [2.24, 2.45) is 11.1 Å². The molecular weight excluding hydrogens is 264 g/mol. The Labute approximate surface area is 114 Å². The molecule has 2 rings (SSSR count). The number of furan rings is 1. The lowest BCUT2D eigenvalue weighted by Gasteiger charge is -2.38. The number of nitrogens with one attached hydrogen (secondary N) is 1. The zero-order valence-corrected chi connectivity index (χ0v) is 12.6. The molecule has 1 aromatic heterocycles. The second kappa shape index (κ2) is 4.92. The van der Waals surface area contributed by atoms with Crippen molar-refractivity contribution < 1.29 is 12.8 Å². The number of aryl methyl sites for hydroxylation is 2. The highest BCUT2D eigenvalue weighted by Crippen LogP contribution is 2.40. The van der Waals surface area contributed by atoms with Gasteiger partial charge in [-0.1, -0.05) is 13.3 Å². The van der Waals surface area contributed by atoms with E-state index in [1.165, 1.54) is 6.42 Å². The molecule has 108 valence electrons. The summed E-state index contributed by atoms with van der Waals surface area (Å²) in [5, 5.41) is 0. The predicted octanol–water partition coefficient (Wildman–Crippen LogP) is 1.82. The molecule has 3 N–H and O–H groups in total. The van der Waals surface area contributed by atoms with Crippen LogP contribution in [0.25, 0.3) is 0 Å². The Balaban J connectivity index is 2.24. The Kier molecular flexibility index (Phi) is 3.77. The van der Waals surface area contributed by atoms with Gasteiger partial charge in [-0.05, 0) is 32.1 Å². The molecule has 1 aliphatic rings. The van der Waals surface area contributed by atoms with Crippen molar-refractivity contribution in [3.05, 3.63) is 17.1 Å². The summed E-state index contributed by atoms with van der Waals surface area (Å²) in [6.45, 7) is 6.14. The van der Waals surface area contributed by atoms with Gasteiger partial charge in [0.25, 0.3) is 0 Å². The first-order chi connectivity index (χ1) is 8.79. The summed E-state index contributed by atoms with van der Waals surface area (Å²) in [5.74, 6) is 0.986. The summed E-state index contributed by atoms with van der Waals surface area (Å²) < 4.78 is 32.9. The normalized spacial score (nSPS) is 18.3. The summed E-state index contributed by atoms with van der Waals surface area (Å²) in [5.41, 5.74) is 6.30. The van der Waals surface area contributed by atoms with Crippen molar-refractivity contribution in [3.8, 4) is 0 Å². The molecular formula is C13H22N2O3S. The van der Waals surface area contributed by atoms with E-state index in [4.69, 9.17) is 10.2 Å². The lowest BCUT2D eigenvalue weighted by atomic mass is 9.71. The monoisotopic (exact) mass is 286 g/mol. The van der Waals surface area contributed by atoms with E-state index in [1.54, 1.807) is 13.8 Å². The first-order valence-electron chi connectivity index (χ1n) is 6.58. The highest BCUT2D eigenvalue weighted by molar-refractivity contribution is 7.89. The van der Waals surface area contributed by atoms with Crippen LogP contribution < -0.4 is 10.5 Å². The largest absolute Gasteiger partial charge is 0.465 e. The number of sulfonamides is 1. The first kappa shape index (κ1) is 14.6. The highest BCUT2D eigenvalue weighted by atomic mass is 32.2. The molecule has 0 unspecified atom stereocenters. The molecule has 0 amide bonds. The molecule has 0 aromatic carbocycles. The molecule has 0 saturated heterocycles. The number of hydrogen-bond donors (Lipinski definition) is 2. The standard InChI is InChI=1S/C13H22N2O3S/c1-9-11(7-14)12(10(2)18-9)19(16,17)15-8-13(3)5-4-6-13/h15H,4-8,14H2,1-3H3. The van der Waals surface area contributed by atoms with Crippen LogP contribution in [0.2, 0.25) is 0 Å². The molecule has 1 saturated carbocycles. The van der Waals surface area contributed by atoms with Gasteiger partial charge in [-0.25, -0.2) is 13.1 Å². The summed E-state index contributed by atoms with van der Waals surface area (Å²) in [6.07, 6.45) is 3.32. The van der Waals surface area contributed by atoms with Crippen molar-refractivity contribution >= 4 is 10.0 Å². The van der Waals surface area contributed by atoms with Crippen LogP contribution in [0, 0.1) is 19.3 Å². The fraction of sp³-hybridized carbons (Fsp3) is 0.692. The minimum atomic E-state index is -3.55. The van der Waals surface area contributed by atoms with Gasteiger partial charge >= 0.3 is 0 Å². The van der Waals surface area contributed by atoms with Gasteiger partial charge in [0.1, 0.15) is 16.4 Å². The quantitative estimate of drug-likeness (QED) is 0.864. The molecule has 0 radical (unpaired) electrons. The van der Waals surface area contributed by atoms with Gasteiger partial charge in [0.15, 0.2) is 0 Å². The van der Waals surface area contributed by atoms with Gasteiger partial charge in [-0.15, -0.1) is 0 Å². The third-order valence-electron chi connectivity index (χ3n) is 4.05. The summed E-state index contributed by atoms with van der Waals surface area (Å²) in [7, 11) is -3.55. The van der Waals surface area contributed by atoms with Crippen LogP contribution >= 0.6 is 0 Å². The average molecular weight is 286 g/mol. The minimum Gasteiger partial charge on any atom is -0.465 e. The third kappa shape index (κ3) is 2.70. The molecule has 1 aromatic rings. The number of hydrogen-bond acceptors (Lipinski definition) is 4. The van der Waals surface area contributed by atoms with Crippen molar-refractivity contribution in [2.45, 2.75) is 51.5 Å². The molecule has 19 heavy (non-hydrogen) atoms. The maximum absolute atomic E-state index is 12.4. The van der Waals surface area contributed by atoms with Gasteiger partial charge in [0, 0.05) is 18.7 Å². The van der Waals surface area contributed by atoms with E-state index < -0.39 is 10.0 Å². The first-order valence-corrected chi connectivity index (χ1v) is 8.06. The molecule has 1 fully saturated rings. The zero-order chi connectivity index (χ0) is 14.3. The van der Waals surface area contributed by atoms with Crippen LogP contribution in [0.3, 0.4) is 0 Å². The lowest BCUT2D eigenvalue weighted by Crippen LogP contribution is -2.40. The zero-order valence-electron chi connectivity index (χ0n) is 11.7. The Morgan fingerprint density at radius 2 is 1.95 bits per heavy atom. The van der Waals surface area contributed by atoms with Gasteiger partial charge in [0.2, 0.25) is 10.0 Å². The van der Waals surface area contributed by atoms with Crippen molar-refractivity contribution in [1.82, 2.24) is 4.72 Å². The van der Waals surface area contributed by atoms with Crippen molar-refractivity contribution in [2.75, 3.05) is 6.54 Å². The highest BCUT2D eigenvalue weighted by Gasteiger charge is 2.34. The Bertz CT molecular complexity index is 571. The number of rotatable bonds is 5. The Morgan fingerprint density at radius 3 is 2.42 bits per heavy atom. The molecule has 0 spiro atoms. The molecule has 1 aliphatic carbocycles. The van der Waals surface area contributed by atoms with Crippen LogP contribution in [0.1, 0.15) is 43.3 Å². The molecule has 0 aliphatic heterocycles. The van der Waals surface area contributed by atoms with Crippen LogP contribution in [0.5, 0.6) is 0 Å². The van der Waals surface area contributed by atoms with Gasteiger partial charge in [-0.3, -0.25) is 0 Å². The second-order valence-corrected chi connectivity index (χ2v) is 7.42. The van der Waals surface area contributed by atoms with Crippen LogP contribution in [-0.2, 0) is 16.6 Å². The fourth-order valence-electron chi connectivity index (χ4n) is 2.60. The molecule has 0 atom stereocenters. The molecule has 5 nitrogen and oxygen atoms in total. The van der Waals surface area contributed by atoms with E-state index in [0.29, 0.717) is 23.6 Å². The van der Waals surface area contributed by atoms with Crippen LogP contribution in [-0.4, -0.2) is 15.0 Å². The van der Waals surface area contributed by atoms with E-state index >= 15 is 0 Å². The predicted molar refractivity (Wildman–Crippen MR) is 73.2 cm³/mol. The SMILES string of the molecule is Cc1oc(C)c(S(=O)(=O)NCC2(C)CCC2)c1CN. The van der Waals surface area contributed by atoms with Crippen molar-refractivity contribution in [3.63, 3.8) is 0 Å². The van der Waals surface area contributed by atoms with Crippen LogP contribution in [0.4, 0.5) is 0 Å². The third-order valence-corrected chi connectivity index (χ3v) is 5.64. The van der Waals surface area contributed by atoms with Gasteiger partial charge < -0.3 is 10.2 Å². The van der Waals surface area contributed by atoms with Crippen LogP contribution in [0.15, 0.2) is 9.31 Å². The van der Waals surface area contributed by atoms with Crippen molar-refractivity contribution in [1.29, 1.82) is 0 Å². The van der Waals surface area contributed by atoms with E-state index in [-0.39, 0.29) is 16.9 Å². The molecule has 1 heterocycles. The van der Waals surface area contributed by atoms with Gasteiger partial charge in [0.05, 0.1) is 0 Å². The molecule has 0 bridgehead atoms. The fourth-order valence-corrected chi connectivity index (χ4v) is 4.25. The lowest BCUT2D eigenvalue weighted by molar-refractivity contribution is 0.166. The second-order valence-electron chi connectivity index (χ2n) is 5.72. The van der Waals surface area contributed by atoms with E-state index in [2.05, 4.69) is 11.6 Å². The summed E-state index contributed by atoms with van der Waals surface area (Å²) in [4.78, 5) is 0.218. The summed E-state index contributed by atoms with van der Waals surface area (Å²) >= 11 is 0. The van der Waals surface area contributed by atoms with E-state index in [1.807, 2.05) is 0 Å². The summed E-state index contributed by atoms with van der Waals surface area (Å²) in [6, 6.07) is 0. The van der Waals surface area contributed by atoms with Gasteiger partial charge in [-0.2, -0.15) is 0 Å². The topological polar surface area (TPSA) is 85.3 Å². The number of nitrogens with two attached hydrogens (primary N) is 1. The van der Waals surface area contributed by atoms with E-state index in [0.717, 1.165) is 12.8 Å². The molecule has 6 heteroatoms. The Hall–Kier alpha value is -0.850. The Morgan fingerprint density at radius 1 is 1.32 bits per heavy atom.